The molecule has 1 heterocycles. The standard InChI is InChI=1S/C8H9F3N2O2/c1-4-3-5(12-13(4)2)6(9)8(10,11)7(14)15/h3,6H,1-2H3,(H,14,15). The van der Waals surface area contributed by atoms with Gasteiger partial charge < -0.3 is 5.11 Å². The number of aryl methyl sites for hydroxylation is 2. The molecule has 1 atom stereocenters. The fourth-order valence-corrected chi connectivity index (χ4v) is 1.01. The third kappa shape index (κ3) is 1.95. The summed E-state index contributed by atoms with van der Waals surface area (Å²) in [5.41, 5.74) is -0.115. The Morgan fingerprint density at radius 1 is 1.67 bits per heavy atom. The topological polar surface area (TPSA) is 55.1 Å². The van der Waals surface area contributed by atoms with Crippen LogP contribution in [0.5, 0.6) is 0 Å². The molecule has 84 valence electrons. The van der Waals surface area contributed by atoms with Crippen LogP contribution < -0.4 is 0 Å². The van der Waals surface area contributed by atoms with Crippen LogP contribution in [0, 0.1) is 6.92 Å². The van der Waals surface area contributed by atoms with Gasteiger partial charge in [-0.05, 0) is 13.0 Å². The van der Waals surface area contributed by atoms with Gasteiger partial charge in [0.25, 0.3) is 0 Å². The van der Waals surface area contributed by atoms with Gasteiger partial charge in [-0.1, -0.05) is 0 Å². The van der Waals surface area contributed by atoms with Crippen LogP contribution in [0.1, 0.15) is 17.6 Å². The van der Waals surface area contributed by atoms with E-state index in [1.54, 1.807) is 6.92 Å². The zero-order valence-electron chi connectivity index (χ0n) is 8.04. The minimum absolute atomic E-state index is 0.467. The Balaban J connectivity index is 3.04. The van der Waals surface area contributed by atoms with Crippen molar-refractivity contribution in [2.45, 2.75) is 19.0 Å². The van der Waals surface area contributed by atoms with Crippen molar-refractivity contribution in [3.63, 3.8) is 0 Å². The molecule has 0 aliphatic heterocycles. The van der Waals surface area contributed by atoms with Crippen molar-refractivity contribution in [2.75, 3.05) is 0 Å². The Morgan fingerprint density at radius 2 is 2.20 bits per heavy atom. The van der Waals surface area contributed by atoms with Crippen molar-refractivity contribution in [1.29, 1.82) is 0 Å². The molecule has 0 aliphatic rings. The number of hydrogen-bond donors (Lipinski definition) is 1. The van der Waals surface area contributed by atoms with Gasteiger partial charge in [0.2, 0.25) is 6.17 Å². The number of rotatable bonds is 3. The lowest BCUT2D eigenvalue weighted by atomic mass is 10.1. The average Bonchev–Trinajstić information content (AvgIpc) is 2.45. The van der Waals surface area contributed by atoms with E-state index in [4.69, 9.17) is 5.11 Å². The number of hydrogen-bond acceptors (Lipinski definition) is 2. The zero-order chi connectivity index (χ0) is 11.8. The van der Waals surface area contributed by atoms with E-state index >= 15 is 0 Å². The Kier molecular flexibility index (Phi) is 2.74. The molecule has 0 aromatic carbocycles. The van der Waals surface area contributed by atoms with Crippen LogP contribution in [0.4, 0.5) is 13.2 Å². The van der Waals surface area contributed by atoms with Crippen LogP contribution in [0.2, 0.25) is 0 Å². The smallest absolute Gasteiger partial charge is 0.378 e. The molecule has 0 fully saturated rings. The summed E-state index contributed by atoms with van der Waals surface area (Å²) in [4.78, 5) is 10.1. The minimum atomic E-state index is -4.46. The van der Waals surface area contributed by atoms with Crippen molar-refractivity contribution in [3.05, 3.63) is 17.5 Å². The second-order valence-corrected chi connectivity index (χ2v) is 3.12. The Labute approximate surface area is 83.3 Å². The highest BCUT2D eigenvalue weighted by Gasteiger charge is 2.50. The summed E-state index contributed by atoms with van der Waals surface area (Å²) in [6.07, 6.45) is -2.94. The van der Waals surface area contributed by atoms with E-state index in [1.807, 2.05) is 0 Å². The normalized spacial score (nSPS) is 13.9. The van der Waals surface area contributed by atoms with Gasteiger partial charge in [-0.3, -0.25) is 4.68 Å². The first-order valence-corrected chi connectivity index (χ1v) is 4.02. The highest BCUT2D eigenvalue weighted by Crippen LogP contribution is 2.34. The van der Waals surface area contributed by atoms with Gasteiger partial charge in [0.15, 0.2) is 0 Å². The Hall–Kier alpha value is -1.53. The number of aliphatic carboxylic acids is 1. The molecule has 0 radical (unpaired) electrons. The first-order chi connectivity index (χ1) is 6.76. The summed E-state index contributed by atoms with van der Waals surface area (Å²) < 4.78 is 39.8. The quantitative estimate of drug-likeness (QED) is 0.842. The molecular formula is C8H9F3N2O2. The fourth-order valence-electron chi connectivity index (χ4n) is 1.01. The van der Waals surface area contributed by atoms with E-state index in [9.17, 15) is 18.0 Å². The van der Waals surface area contributed by atoms with Gasteiger partial charge in [0.1, 0.15) is 5.69 Å². The molecule has 0 bridgehead atoms. The maximum absolute atomic E-state index is 13.2. The first kappa shape index (κ1) is 11.5. The first-order valence-electron chi connectivity index (χ1n) is 4.02. The van der Waals surface area contributed by atoms with E-state index in [2.05, 4.69) is 5.10 Å². The van der Waals surface area contributed by atoms with Crippen molar-refractivity contribution in [2.24, 2.45) is 7.05 Å². The number of alkyl halides is 3. The molecule has 1 aromatic rings. The van der Waals surface area contributed by atoms with Gasteiger partial charge in [0.05, 0.1) is 0 Å². The lowest BCUT2D eigenvalue weighted by Gasteiger charge is -2.13. The number of carbonyl (C=O) groups is 1. The van der Waals surface area contributed by atoms with Crippen molar-refractivity contribution in [3.8, 4) is 0 Å². The third-order valence-electron chi connectivity index (χ3n) is 2.00. The maximum Gasteiger partial charge on any atom is 0.378 e. The van der Waals surface area contributed by atoms with Gasteiger partial charge >= 0.3 is 11.9 Å². The van der Waals surface area contributed by atoms with Crippen molar-refractivity contribution >= 4 is 5.97 Å². The molecule has 7 heteroatoms. The lowest BCUT2D eigenvalue weighted by molar-refractivity contribution is -0.175. The van der Waals surface area contributed by atoms with Gasteiger partial charge in [-0.2, -0.15) is 13.9 Å². The molecule has 0 saturated heterocycles. The molecule has 0 saturated carbocycles. The highest BCUT2D eigenvalue weighted by molar-refractivity contribution is 5.76. The molecule has 15 heavy (non-hydrogen) atoms. The van der Waals surface area contributed by atoms with Gasteiger partial charge in [-0.15, -0.1) is 0 Å². The molecule has 0 amide bonds. The van der Waals surface area contributed by atoms with E-state index < -0.39 is 23.8 Å². The number of halogens is 3. The largest absolute Gasteiger partial charge is 0.477 e. The van der Waals surface area contributed by atoms with Gasteiger partial charge in [0, 0.05) is 12.7 Å². The number of carboxylic acids is 1. The summed E-state index contributed by atoms with van der Waals surface area (Å²) in [5, 5.41) is 11.6. The average molecular weight is 222 g/mol. The van der Waals surface area contributed by atoms with Crippen LogP contribution in [0.15, 0.2) is 6.07 Å². The van der Waals surface area contributed by atoms with Crippen LogP contribution in [0.3, 0.4) is 0 Å². The van der Waals surface area contributed by atoms with Gasteiger partial charge in [-0.25, -0.2) is 9.18 Å². The molecule has 0 aliphatic carbocycles. The fraction of sp³-hybridized carbons (Fsp3) is 0.500. The Bertz CT molecular complexity index is 370. The number of carboxylic acid groups (broad SMARTS) is 1. The molecule has 1 unspecified atom stereocenters. The highest BCUT2D eigenvalue weighted by atomic mass is 19.3. The second-order valence-electron chi connectivity index (χ2n) is 3.12. The summed E-state index contributed by atoms with van der Waals surface area (Å²) in [5.74, 6) is -6.96. The van der Waals surface area contributed by atoms with Crippen molar-refractivity contribution < 1.29 is 23.1 Å². The molecule has 4 nitrogen and oxygen atoms in total. The summed E-state index contributed by atoms with van der Waals surface area (Å²) in [6, 6.07) is 1.08. The van der Waals surface area contributed by atoms with Crippen LogP contribution in [-0.2, 0) is 11.8 Å². The SMILES string of the molecule is Cc1cc(C(F)C(F)(F)C(=O)O)nn1C. The van der Waals surface area contributed by atoms with E-state index in [0.717, 1.165) is 6.07 Å². The molecular weight excluding hydrogens is 213 g/mol. The van der Waals surface area contributed by atoms with E-state index in [-0.39, 0.29) is 0 Å². The third-order valence-corrected chi connectivity index (χ3v) is 2.00. The molecule has 1 rings (SSSR count). The monoisotopic (exact) mass is 222 g/mol. The van der Waals surface area contributed by atoms with Crippen LogP contribution in [-0.4, -0.2) is 26.8 Å². The molecule has 0 spiro atoms. The van der Waals surface area contributed by atoms with Crippen molar-refractivity contribution in [1.82, 2.24) is 9.78 Å². The van der Waals surface area contributed by atoms with E-state index in [0.29, 0.717) is 5.69 Å². The molecule has 1 N–H and O–H groups in total. The lowest BCUT2D eigenvalue weighted by Crippen LogP contribution is -2.33. The zero-order valence-corrected chi connectivity index (χ0v) is 8.04. The summed E-state index contributed by atoms with van der Waals surface area (Å²) >= 11 is 0. The van der Waals surface area contributed by atoms with E-state index in [1.165, 1.54) is 11.7 Å². The number of nitrogens with zero attached hydrogens (tertiary/aromatic N) is 2. The van der Waals surface area contributed by atoms with Crippen LogP contribution in [0.25, 0.3) is 0 Å². The summed E-state index contributed by atoms with van der Waals surface area (Å²) in [7, 11) is 1.45. The predicted octanol–water partition coefficient (Wildman–Crippen LogP) is 1.46. The minimum Gasteiger partial charge on any atom is -0.477 e. The number of aromatic nitrogens is 2. The predicted molar refractivity (Wildman–Crippen MR) is 44.4 cm³/mol. The summed E-state index contributed by atoms with van der Waals surface area (Å²) in [6.45, 7) is 1.54. The second kappa shape index (κ2) is 3.56. The molecule has 1 aromatic heterocycles. The van der Waals surface area contributed by atoms with Crippen LogP contribution >= 0.6 is 0 Å². The maximum atomic E-state index is 13.2. The Morgan fingerprint density at radius 3 is 2.53 bits per heavy atom.